The van der Waals surface area contributed by atoms with Crippen molar-refractivity contribution in [1.82, 2.24) is 9.80 Å². The van der Waals surface area contributed by atoms with Gasteiger partial charge in [-0.25, -0.2) is 0 Å². The van der Waals surface area contributed by atoms with Crippen LogP contribution in [-0.2, 0) is 19.2 Å². The molecule has 0 aromatic carbocycles. The first-order chi connectivity index (χ1) is 8.41. The van der Waals surface area contributed by atoms with Crippen LogP contribution in [0.15, 0.2) is 0 Å². The summed E-state index contributed by atoms with van der Waals surface area (Å²) in [5, 5.41) is -0.886. The van der Waals surface area contributed by atoms with E-state index in [1.54, 1.807) is 0 Å². The van der Waals surface area contributed by atoms with Gasteiger partial charge in [-0.15, -0.1) is 0 Å². The molecule has 0 radical (unpaired) electrons. The van der Waals surface area contributed by atoms with E-state index in [0.717, 1.165) is 9.80 Å². The average Bonchev–Trinajstić information content (AvgIpc) is 2.72. The molecule has 2 heterocycles. The molecule has 0 N–H and O–H groups in total. The summed E-state index contributed by atoms with van der Waals surface area (Å²) >= 11 is 0. The van der Waals surface area contributed by atoms with Crippen LogP contribution in [0.25, 0.3) is 0 Å². The van der Waals surface area contributed by atoms with E-state index in [1.807, 2.05) is 0 Å². The minimum Gasteiger partial charge on any atom is -0.285 e. The normalized spacial score (nSPS) is 28.8. The Hall–Kier alpha value is -1.02. The van der Waals surface area contributed by atoms with Gasteiger partial charge in [0.05, 0.1) is 0 Å². The van der Waals surface area contributed by atoms with Crippen LogP contribution in [0.3, 0.4) is 0 Å². The van der Waals surface area contributed by atoms with Crippen molar-refractivity contribution < 1.29 is 19.2 Å². The van der Waals surface area contributed by atoms with Crippen LogP contribution >= 0.6 is 21.6 Å². The highest BCUT2D eigenvalue weighted by molar-refractivity contribution is 8.77. The van der Waals surface area contributed by atoms with Gasteiger partial charge in [0.1, 0.15) is 10.5 Å². The van der Waals surface area contributed by atoms with E-state index in [-0.39, 0.29) is 36.5 Å². The number of likely N-dealkylation sites (tertiary alicyclic amines) is 2. The Kier molecular flexibility index (Phi) is 3.67. The van der Waals surface area contributed by atoms with Crippen LogP contribution in [-0.4, -0.2) is 58.0 Å². The van der Waals surface area contributed by atoms with Crippen molar-refractivity contribution >= 4 is 45.2 Å². The van der Waals surface area contributed by atoms with Gasteiger partial charge in [0.15, 0.2) is 0 Å². The molecule has 98 valence electrons. The molecule has 18 heavy (non-hydrogen) atoms. The standard InChI is InChI=1S/C10H12N2O4S2/c1-11-7(13)3-5(9(11)15)17-18-6-4-8(14)12(2)10(6)16/h5-6H,3-4H2,1-2H3. The highest BCUT2D eigenvalue weighted by Gasteiger charge is 2.41. The van der Waals surface area contributed by atoms with Gasteiger partial charge in [0.2, 0.25) is 23.6 Å². The third-order valence-electron chi connectivity index (χ3n) is 2.97. The molecule has 2 atom stereocenters. The van der Waals surface area contributed by atoms with E-state index in [4.69, 9.17) is 0 Å². The Morgan fingerprint density at radius 3 is 1.39 bits per heavy atom. The number of imide groups is 2. The summed E-state index contributed by atoms with van der Waals surface area (Å²) in [6.45, 7) is 0. The zero-order chi connectivity index (χ0) is 13.4. The summed E-state index contributed by atoms with van der Waals surface area (Å²) in [5.74, 6) is -0.877. The first kappa shape index (κ1) is 13.4. The van der Waals surface area contributed by atoms with Gasteiger partial charge in [-0.05, 0) is 0 Å². The van der Waals surface area contributed by atoms with E-state index in [9.17, 15) is 19.2 Å². The number of hydrogen-bond donors (Lipinski definition) is 0. The van der Waals surface area contributed by atoms with Crippen molar-refractivity contribution in [2.45, 2.75) is 23.3 Å². The monoisotopic (exact) mass is 288 g/mol. The predicted octanol–water partition coefficient (Wildman–Crippen LogP) is -0.118. The number of nitrogens with zero attached hydrogens (tertiary/aromatic N) is 2. The molecular formula is C10H12N2O4S2. The summed E-state index contributed by atoms with van der Waals surface area (Å²) < 4.78 is 0. The SMILES string of the molecule is CN1C(=O)CC(SSC2CC(=O)N(C)C2=O)C1=O. The van der Waals surface area contributed by atoms with Gasteiger partial charge >= 0.3 is 0 Å². The molecule has 2 saturated heterocycles. The molecule has 2 aliphatic heterocycles. The lowest BCUT2D eigenvalue weighted by Crippen LogP contribution is -2.27. The highest BCUT2D eigenvalue weighted by Crippen LogP contribution is 2.39. The van der Waals surface area contributed by atoms with Gasteiger partial charge < -0.3 is 0 Å². The fourth-order valence-corrected chi connectivity index (χ4v) is 4.61. The van der Waals surface area contributed by atoms with Crippen LogP contribution in [0.4, 0.5) is 0 Å². The summed E-state index contributed by atoms with van der Waals surface area (Å²) in [7, 11) is 5.32. The van der Waals surface area contributed by atoms with E-state index < -0.39 is 10.5 Å². The van der Waals surface area contributed by atoms with E-state index in [0.29, 0.717) is 0 Å². The van der Waals surface area contributed by atoms with E-state index >= 15 is 0 Å². The fraction of sp³-hybridized carbons (Fsp3) is 0.600. The molecule has 4 amide bonds. The molecule has 0 spiro atoms. The molecule has 0 saturated carbocycles. The zero-order valence-electron chi connectivity index (χ0n) is 9.91. The van der Waals surface area contributed by atoms with Crippen LogP contribution in [0, 0.1) is 0 Å². The summed E-state index contributed by atoms with van der Waals surface area (Å²) in [6, 6.07) is 0. The Labute approximate surface area is 112 Å². The van der Waals surface area contributed by atoms with Crippen LogP contribution in [0.5, 0.6) is 0 Å². The van der Waals surface area contributed by atoms with Crippen molar-refractivity contribution in [2.75, 3.05) is 14.1 Å². The van der Waals surface area contributed by atoms with Crippen molar-refractivity contribution in [2.24, 2.45) is 0 Å². The van der Waals surface area contributed by atoms with Gasteiger partial charge in [0, 0.05) is 26.9 Å². The lowest BCUT2D eigenvalue weighted by atomic mass is 10.4. The summed E-state index contributed by atoms with van der Waals surface area (Å²) in [6.07, 6.45) is 0.329. The van der Waals surface area contributed by atoms with Crippen LogP contribution in [0.1, 0.15) is 12.8 Å². The number of carbonyl (C=O) groups is 4. The molecule has 2 unspecified atom stereocenters. The third kappa shape index (κ3) is 2.26. The minimum atomic E-state index is -0.443. The predicted molar refractivity (Wildman–Crippen MR) is 67.5 cm³/mol. The van der Waals surface area contributed by atoms with Crippen molar-refractivity contribution in [3.63, 3.8) is 0 Å². The second-order valence-electron chi connectivity index (χ2n) is 4.16. The molecule has 0 aliphatic carbocycles. The average molecular weight is 288 g/mol. The molecular weight excluding hydrogens is 276 g/mol. The topological polar surface area (TPSA) is 74.8 Å². The largest absolute Gasteiger partial charge is 0.285 e. The summed E-state index contributed by atoms with van der Waals surface area (Å²) in [4.78, 5) is 48.1. The molecule has 0 aromatic rings. The zero-order valence-corrected chi connectivity index (χ0v) is 11.5. The minimum absolute atomic E-state index is 0.164. The Balaban J connectivity index is 1.90. The molecule has 8 heteroatoms. The maximum atomic E-state index is 11.6. The number of carbonyl (C=O) groups excluding carboxylic acids is 4. The Morgan fingerprint density at radius 2 is 1.17 bits per heavy atom. The molecule has 0 aromatic heterocycles. The van der Waals surface area contributed by atoms with Gasteiger partial charge in [-0.1, -0.05) is 21.6 Å². The fourth-order valence-electron chi connectivity index (χ4n) is 1.73. The highest BCUT2D eigenvalue weighted by atomic mass is 33.1. The van der Waals surface area contributed by atoms with Gasteiger partial charge in [0.25, 0.3) is 0 Å². The van der Waals surface area contributed by atoms with Gasteiger partial charge in [-0.3, -0.25) is 29.0 Å². The molecule has 0 bridgehead atoms. The lowest BCUT2D eigenvalue weighted by molar-refractivity contribution is -0.138. The first-order valence-electron chi connectivity index (χ1n) is 5.34. The van der Waals surface area contributed by atoms with E-state index in [2.05, 4.69) is 0 Å². The summed E-state index contributed by atoms with van der Waals surface area (Å²) in [5.41, 5.74) is 0. The molecule has 6 nitrogen and oxygen atoms in total. The van der Waals surface area contributed by atoms with Crippen molar-refractivity contribution in [3.8, 4) is 0 Å². The number of hydrogen-bond acceptors (Lipinski definition) is 6. The smallest absolute Gasteiger partial charge is 0.243 e. The van der Waals surface area contributed by atoms with Gasteiger partial charge in [-0.2, -0.15) is 0 Å². The second-order valence-corrected chi connectivity index (χ2v) is 6.84. The first-order valence-corrected chi connectivity index (χ1v) is 7.62. The van der Waals surface area contributed by atoms with E-state index in [1.165, 1.54) is 35.7 Å². The number of amides is 4. The lowest BCUT2D eigenvalue weighted by Gasteiger charge is -2.10. The van der Waals surface area contributed by atoms with Crippen LogP contribution in [0.2, 0.25) is 0 Å². The third-order valence-corrected chi connectivity index (χ3v) is 6.01. The number of rotatable bonds is 3. The molecule has 2 fully saturated rings. The van der Waals surface area contributed by atoms with Crippen molar-refractivity contribution in [3.05, 3.63) is 0 Å². The maximum Gasteiger partial charge on any atom is 0.243 e. The van der Waals surface area contributed by atoms with Crippen molar-refractivity contribution in [1.29, 1.82) is 0 Å². The van der Waals surface area contributed by atoms with Crippen LogP contribution < -0.4 is 0 Å². The molecule has 2 aliphatic rings. The quantitative estimate of drug-likeness (QED) is 0.532. The second kappa shape index (κ2) is 4.93. The Morgan fingerprint density at radius 1 is 0.833 bits per heavy atom. The maximum absolute atomic E-state index is 11.6. The Bertz CT molecular complexity index is 400. The molecule has 2 rings (SSSR count).